The van der Waals surface area contributed by atoms with Gasteiger partial charge in [-0.2, -0.15) is 0 Å². The zero-order chi connectivity index (χ0) is 28.4. The first kappa shape index (κ1) is 26.3. The van der Waals surface area contributed by atoms with Crippen LogP contribution in [-0.2, 0) is 35.7 Å². The van der Waals surface area contributed by atoms with Gasteiger partial charge in [0.2, 0.25) is 6.10 Å². The summed E-state index contributed by atoms with van der Waals surface area (Å²) >= 11 is 0. The van der Waals surface area contributed by atoms with E-state index < -0.39 is 53.3 Å². The van der Waals surface area contributed by atoms with Crippen LogP contribution in [0, 0.1) is 5.92 Å². The summed E-state index contributed by atoms with van der Waals surface area (Å²) in [4.78, 5) is 37.1. The van der Waals surface area contributed by atoms with Crippen molar-refractivity contribution in [1.29, 1.82) is 0 Å². The standard InChI is InChI=1S/C29H28O11/c30-17-9-8-15-13-16-7-4-11-28-19(15)23(17)39-24(28)18(10-12-29(16,28)37)38-26(35)20(31)21(32)27(36)40-22(25(33)34)14-5-2-1-3-6-14/h1-3,5-6,8-10,16,20-22,24,30-32,37H,4,7,11-13H2,(H,33,34)/t16-,20-,21-,22?,24+,28+,29-/m1/s1. The van der Waals surface area contributed by atoms with Gasteiger partial charge in [0.1, 0.15) is 5.76 Å². The fourth-order valence-electron chi connectivity index (χ4n) is 7.04. The second-order valence-corrected chi connectivity index (χ2v) is 10.8. The number of aliphatic hydroxyl groups is 3. The summed E-state index contributed by atoms with van der Waals surface area (Å²) in [5.41, 5.74) is -0.437. The number of rotatable bonds is 7. The lowest BCUT2D eigenvalue weighted by molar-refractivity contribution is -0.182. The molecule has 1 fully saturated rings. The highest BCUT2D eigenvalue weighted by molar-refractivity contribution is 5.87. The number of phenols is 1. The van der Waals surface area contributed by atoms with E-state index in [9.17, 15) is 39.9 Å². The molecule has 1 spiro atoms. The number of phenolic OH excluding ortho intramolecular Hbond substituents is 1. The van der Waals surface area contributed by atoms with Crippen LogP contribution in [0.3, 0.4) is 0 Å². The Morgan fingerprint density at radius 2 is 1.75 bits per heavy atom. The van der Waals surface area contributed by atoms with Gasteiger partial charge in [-0.1, -0.05) is 42.8 Å². The van der Waals surface area contributed by atoms with Crippen LogP contribution in [-0.4, -0.2) is 67.4 Å². The van der Waals surface area contributed by atoms with E-state index in [4.69, 9.17) is 14.2 Å². The number of carbonyl (C=O) groups excluding carboxylic acids is 2. The van der Waals surface area contributed by atoms with Crippen molar-refractivity contribution >= 4 is 17.9 Å². The summed E-state index contributed by atoms with van der Waals surface area (Å²) in [7, 11) is 0. The fourth-order valence-corrected chi connectivity index (χ4v) is 7.04. The van der Waals surface area contributed by atoms with Crippen LogP contribution in [0.5, 0.6) is 11.5 Å². The molecule has 6 rings (SSSR count). The van der Waals surface area contributed by atoms with Gasteiger partial charge < -0.3 is 39.7 Å². The third-order valence-electron chi connectivity index (χ3n) is 8.82. The van der Waals surface area contributed by atoms with Gasteiger partial charge >= 0.3 is 17.9 Å². The molecule has 40 heavy (non-hydrogen) atoms. The first-order chi connectivity index (χ1) is 19.1. The topological polar surface area (TPSA) is 180 Å². The number of benzene rings is 2. The number of carboxylic acid groups (broad SMARTS) is 1. The van der Waals surface area contributed by atoms with E-state index in [1.807, 2.05) is 6.07 Å². The molecule has 1 saturated carbocycles. The van der Waals surface area contributed by atoms with Gasteiger partial charge in [0, 0.05) is 11.1 Å². The number of carbonyl (C=O) groups is 3. The van der Waals surface area contributed by atoms with Crippen LogP contribution < -0.4 is 4.74 Å². The second-order valence-electron chi connectivity index (χ2n) is 10.8. The highest BCUT2D eigenvalue weighted by Crippen LogP contribution is 2.67. The van der Waals surface area contributed by atoms with E-state index in [0.717, 1.165) is 18.4 Å². The van der Waals surface area contributed by atoms with E-state index in [-0.39, 0.29) is 35.2 Å². The molecule has 1 unspecified atom stereocenters. The molecule has 2 aromatic rings. The largest absolute Gasteiger partial charge is 0.504 e. The smallest absolute Gasteiger partial charge is 0.349 e. The molecule has 3 aliphatic carbocycles. The third-order valence-corrected chi connectivity index (χ3v) is 8.82. The van der Waals surface area contributed by atoms with Crippen molar-refractivity contribution in [2.45, 2.75) is 67.5 Å². The molecule has 11 heteroatoms. The van der Waals surface area contributed by atoms with Crippen LogP contribution in [0.15, 0.2) is 54.3 Å². The molecule has 5 N–H and O–H groups in total. The summed E-state index contributed by atoms with van der Waals surface area (Å²) < 4.78 is 16.5. The van der Waals surface area contributed by atoms with Gasteiger partial charge in [0.25, 0.3) is 0 Å². The zero-order valence-electron chi connectivity index (χ0n) is 21.2. The molecule has 7 atom stereocenters. The molecule has 1 heterocycles. The van der Waals surface area contributed by atoms with Gasteiger partial charge in [-0.3, -0.25) is 0 Å². The van der Waals surface area contributed by atoms with E-state index in [1.165, 1.54) is 36.4 Å². The minimum Gasteiger partial charge on any atom is -0.504 e. The number of ether oxygens (including phenoxy) is 3. The van der Waals surface area contributed by atoms with E-state index in [0.29, 0.717) is 18.4 Å². The van der Waals surface area contributed by atoms with Crippen LogP contribution in [0.4, 0.5) is 0 Å². The van der Waals surface area contributed by atoms with E-state index >= 15 is 0 Å². The molecule has 0 saturated heterocycles. The van der Waals surface area contributed by atoms with Gasteiger partial charge in [0.05, 0.1) is 11.0 Å². The number of carboxylic acids is 1. The maximum Gasteiger partial charge on any atom is 0.349 e. The summed E-state index contributed by atoms with van der Waals surface area (Å²) in [6.07, 6.45) is -3.28. The van der Waals surface area contributed by atoms with Crippen molar-refractivity contribution in [3.8, 4) is 11.5 Å². The first-order valence-corrected chi connectivity index (χ1v) is 13.1. The predicted octanol–water partition coefficient (Wildman–Crippen LogP) is 1.40. The quantitative estimate of drug-likeness (QED) is 0.313. The SMILES string of the molecule is O=C(O)C(OC(=O)[C@H](O)[C@@H](O)C(=O)OC1=CC[C@@]2(O)[C@@H]3CCC[C@@]24c2c(ccc(O)c2O[C@@H]14)C3)c1ccccc1. The Morgan fingerprint density at radius 3 is 2.48 bits per heavy atom. The molecular weight excluding hydrogens is 524 g/mol. The Hall–Kier alpha value is -3.93. The van der Waals surface area contributed by atoms with Crippen molar-refractivity contribution < 1.29 is 54.1 Å². The Kier molecular flexibility index (Phi) is 6.13. The minimum absolute atomic E-state index is 0.0221. The molecule has 4 aliphatic rings. The average Bonchev–Trinajstić information content (AvgIpc) is 3.29. The number of esters is 2. The molecule has 11 nitrogen and oxygen atoms in total. The lowest BCUT2D eigenvalue weighted by atomic mass is 9.47. The number of hydrogen-bond acceptors (Lipinski definition) is 10. The number of aliphatic hydroxyl groups excluding tert-OH is 2. The molecular formula is C29H28O11. The van der Waals surface area contributed by atoms with E-state index in [2.05, 4.69) is 0 Å². The van der Waals surface area contributed by atoms with Gasteiger partial charge in [0.15, 0.2) is 29.8 Å². The molecule has 0 radical (unpaired) electrons. The van der Waals surface area contributed by atoms with Gasteiger partial charge in [-0.25, -0.2) is 14.4 Å². The molecule has 2 bridgehead atoms. The molecule has 2 aromatic carbocycles. The predicted molar refractivity (Wildman–Crippen MR) is 134 cm³/mol. The number of aliphatic carboxylic acids is 1. The molecule has 210 valence electrons. The summed E-state index contributed by atoms with van der Waals surface area (Å²) in [6.45, 7) is 0. The summed E-state index contributed by atoms with van der Waals surface area (Å²) in [5.74, 6) is -4.42. The van der Waals surface area contributed by atoms with Crippen molar-refractivity contribution in [2.24, 2.45) is 5.92 Å². The summed E-state index contributed by atoms with van der Waals surface area (Å²) in [6, 6.07) is 10.9. The van der Waals surface area contributed by atoms with Crippen LogP contribution in [0.25, 0.3) is 0 Å². The van der Waals surface area contributed by atoms with E-state index in [1.54, 1.807) is 6.07 Å². The summed E-state index contributed by atoms with van der Waals surface area (Å²) in [5, 5.41) is 52.9. The highest BCUT2D eigenvalue weighted by atomic mass is 16.6. The lowest BCUT2D eigenvalue weighted by Gasteiger charge is -2.59. The Bertz CT molecular complexity index is 1420. The van der Waals surface area contributed by atoms with Gasteiger partial charge in [-0.05, 0) is 49.3 Å². The normalized spacial score (nSPS) is 29.6. The third kappa shape index (κ3) is 3.65. The Morgan fingerprint density at radius 1 is 1.02 bits per heavy atom. The molecule has 0 aromatic heterocycles. The van der Waals surface area contributed by atoms with Crippen molar-refractivity contribution in [2.75, 3.05) is 0 Å². The van der Waals surface area contributed by atoms with Gasteiger partial charge in [-0.15, -0.1) is 0 Å². The first-order valence-electron chi connectivity index (χ1n) is 13.1. The minimum atomic E-state index is -2.44. The maximum absolute atomic E-state index is 12.9. The lowest BCUT2D eigenvalue weighted by Crippen LogP contribution is -2.67. The van der Waals surface area contributed by atoms with Crippen molar-refractivity contribution in [1.82, 2.24) is 0 Å². The number of aromatic hydroxyl groups is 1. The number of hydrogen-bond donors (Lipinski definition) is 5. The van der Waals surface area contributed by atoms with Crippen LogP contribution in [0.1, 0.15) is 48.5 Å². The fraction of sp³-hybridized carbons (Fsp3) is 0.414. The Balaban J connectivity index is 1.23. The Labute approximate surface area is 228 Å². The zero-order valence-corrected chi connectivity index (χ0v) is 21.2. The monoisotopic (exact) mass is 552 g/mol. The van der Waals surface area contributed by atoms with Crippen LogP contribution in [0.2, 0.25) is 0 Å². The molecule has 0 amide bonds. The average molecular weight is 553 g/mol. The molecule has 1 aliphatic heterocycles. The van der Waals surface area contributed by atoms with Crippen molar-refractivity contribution in [3.05, 3.63) is 71.0 Å². The maximum atomic E-state index is 12.9. The highest BCUT2D eigenvalue weighted by Gasteiger charge is 2.71. The van der Waals surface area contributed by atoms with Crippen LogP contribution >= 0.6 is 0 Å². The second kappa shape index (κ2) is 9.33. The van der Waals surface area contributed by atoms with Crippen molar-refractivity contribution in [3.63, 3.8) is 0 Å².